The van der Waals surface area contributed by atoms with Gasteiger partial charge >= 0.3 is 34.1 Å². The fourth-order valence-electron chi connectivity index (χ4n) is 3.14. The fourth-order valence-corrected chi connectivity index (χ4v) is 3.14. The topological polar surface area (TPSA) is 81.7 Å². The molecule has 0 aromatic rings. The molecular formula is C22H54Mn2N6O3+6. The molecule has 2 saturated heterocycles. The van der Waals surface area contributed by atoms with Crippen LogP contribution in [0, 0.1) is 21.1 Å². The van der Waals surface area contributed by atoms with Gasteiger partial charge in [-0.1, -0.05) is 0 Å². The Balaban J connectivity index is -0.000000211. The number of hydrogen-bond acceptors (Lipinski definition) is 5. The van der Waals surface area contributed by atoms with Crippen LogP contribution < -0.4 is 0 Å². The zero-order chi connectivity index (χ0) is 23.4. The van der Waals surface area contributed by atoms with Crippen LogP contribution in [0.3, 0.4) is 0 Å². The van der Waals surface area contributed by atoms with E-state index in [2.05, 4.69) is 78.1 Å². The zero-order valence-electron chi connectivity index (χ0n) is 22.1. The van der Waals surface area contributed by atoms with Gasteiger partial charge in [0.2, 0.25) is 0 Å². The van der Waals surface area contributed by atoms with E-state index in [-0.39, 0.29) is 39.6 Å². The molecule has 0 amide bonds. The second kappa shape index (κ2) is 19.8. The zero-order valence-corrected chi connectivity index (χ0v) is 24.5. The second-order valence-electron chi connectivity index (χ2n) is 10.3. The van der Waals surface area contributed by atoms with E-state index in [1.54, 1.807) is 0 Å². The SMILES string of the molecule is O.OCO.[CH2-][N+]1(C)CCN(C)CCN(C)CC1.[CH2-][N@+]1(C)CCN(C)CC[N@@+]([CH2-])(C)CC1.[Mn+3].[Mn+3]. The fraction of sp³-hybridized carbons (Fsp3) is 0.864. The van der Waals surface area contributed by atoms with Crippen molar-refractivity contribution in [3.05, 3.63) is 21.1 Å². The molecule has 198 valence electrons. The van der Waals surface area contributed by atoms with Gasteiger partial charge in [0.05, 0.1) is 26.2 Å². The van der Waals surface area contributed by atoms with Crippen molar-refractivity contribution >= 4 is 0 Å². The summed E-state index contributed by atoms with van der Waals surface area (Å²) in [6.45, 7) is 13.0. The van der Waals surface area contributed by atoms with E-state index in [9.17, 15) is 0 Å². The first-order valence-corrected chi connectivity index (χ1v) is 11.1. The predicted molar refractivity (Wildman–Crippen MR) is 129 cm³/mol. The van der Waals surface area contributed by atoms with E-state index in [0.29, 0.717) is 0 Å². The quantitative estimate of drug-likeness (QED) is 0.165. The molecule has 2 atom stereocenters. The van der Waals surface area contributed by atoms with E-state index >= 15 is 0 Å². The Kier molecular flexibility index (Phi) is 24.5. The molecule has 2 rings (SSSR count). The first kappa shape index (κ1) is 40.8. The molecule has 0 aliphatic carbocycles. The summed E-state index contributed by atoms with van der Waals surface area (Å²) in [5.41, 5.74) is 0. The number of hydrogen-bond donors (Lipinski definition) is 2. The van der Waals surface area contributed by atoms with Crippen molar-refractivity contribution in [3.63, 3.8) is 0 Å². The number of aliphatic hydroxyl groups excluding tert-OH is 1. The summed E-state index contributed by atoms with van der Waals surface area (Å²) in [7, 11) is 25.9. The van der Waals surface area contributed by atoms with Crippen LogP contribution in [-0.4, -0.2) is 171 Å². The summed E-state index contributed by atoms with van der Waals surface area (Å²) in [6.07, 6.45) is 0. The molecule has 2 fully saturated rings. The molecule has 11 heteroatoms. The van der Waals surface area contributed by atoms with Crippen molar-refractivity contribution in [2.24, 2.45) is 0 Å². The molecule has 0 saturated carbocycles. The summed E-state index contributed by atoms with van der Waals surface area (Å²) >= 11 is 0. The third-order valence-electron chi connectivity index (χ3n) is 6.13. The summed E-state index contributed by atoms with van der Waals surface area (Å²) in [5.74, 6) is 0. The first-order valence-electron chi connectivity index (χ1n) is 11.1. The number of aliphatic hydroxyl groups is 2. The Morgan fingerprint density at radius 3 is 0.970 bits per heavy atom. The number of likely N-dealkylation sites (N-methyl/N-ethyl adjacent to an activating group) is 6. The summed E-state index contributed by atoms with van der Waals surface area (Å²) in [5, 5.41) is 14.2. The molecule has 0 aromatic carbocycles. The molecule has 0 unspecified atom stereocenters. The molecule has 0 bridgehead atoms. The third-order valence-corrected chi connectivity index (χ3v) is 6.13. The van der Waals surface area contributed by atoms with Crippen molar-refractivity contribution in [3.8, 4) is 0 Å². The predicted octanol–water partition coefficient (Wildman–Crippen LogP) is -1.39. The number of rotatable bonds is 0. The van der Waals surface area contributed by atoms with E-state index < -0.39 is 6.79 Å². The van der Waals surface area contributed by atoms with Gasteiger partial charge in [-0.2, -0.15) is 0 Å². The van der Waals surface area contributed by atoms with Gasteiger partial charge in [0.1, 0.15) is 19.9 Å². The Bertz CT molecular complexity index is 424. The van der Waals surface area contributed by atoms with Gasteiger partial charge in [0, 0.05) is 60.4 Å². The number of quaternary nitrogens is 3. The van der Waals surface area contributed by atoms with Crippen LogP contribution in [0.15, 0.2) is 0 Å². The van der Waals surface area contributed by atoms with E-state index in [1.165, 1.54) is 13.1 Å². The maximum absolute atomic E-state index is 7.12. The normalized spacial score (nSPS) is 29.5. The van der Waals surface area contributed by atoms with Crippen LogP contribution in [0.4, 0.5) is 0 Å². The monoisotopic (exact) mass is 560 g/mol. The molecule has 0 radical (unpaired) electrons. The smallest absolute Gasteiger partial charge is 0.457 e. The van der Waals surface area contributed by atoms with Crippen LogP contribution in [0.25, 0.3) is 0 Å². The molecule has 2 aliphatic rings. The van der Waals surface area contributed by atoms with Gasteiger partial charge in [-0.3, -0.25) is 14.7 Å². The minimum atomic E-state index is -0.750. The van der Waals surface area contributed by atoms with E-state index in [0.717, 1.165) is 78.9 Å². The van der Waals surface area contributed by atoms with Crippen molar-refractivity contribution in [2.45, 2.75) is 0 Å². The summed E-state index contributed by atoms with van der Waals surface area (Å²) in [6, 6.07) is 0. The molecule has 0 aromatic heterocycles. The second-order valence-corrected chi connectivity index (χ2v) is 10.3. The maximum atomic E-state index is 7.12. The van der Waals surface area contributed by atoms with E-state index in [4.69, 9.17) is 10.2 Å². The van der Waals surface area contributed by atoms with Gasteiger partial charge in [-0.05, 0) is 21.1 Å². The van der Waals surface area contributed by atoms with Gasteiger partial charge in [0.25, 0.3) is 0 Å². The van der Waals surface area contributed by atoms with Gasteiger partial charge in [-0.15, -0.1) is 21.1 Å². The largest absolute Gasteiger partial charge is 3.00 e. The number of nitrogens with zero attached hydrogens (tertiary/aromatic N) is 6. The minimum Gasteiger partial charge on any atom is -0.457 e. The van der Waals surface area contributed by atoms with Gasteiger partial charge in [-0.25, -0.2) is 0 Å². The Morgan fingerprint density at radius 2 is 0.727 bits per heavy atom. The average Bonchev–Trinajstić information content (AvgIpc) is 2.73. The van der Waals surface area contributed by atoms with Crippen LogP contribution in [-0.2, 0) is 34.1 Å². The van der Waals surface area contributed by atoms with Crippen molar-refractivity contribution in [1.82, 2.24) is 14.7 Å². The minimum absolute atomic E-state index is 0. The van der Waals surface area contributed by atoms with Crippen LogP contribution >= 0.6 is 0 Å². The Labute approximate surface area is 226 Å². The van der Waals surface area contributed by atoms with Crippen LogP contribution in [0.2, 0.25) is 0 Å². The van der Waals surface area contributed by atoms with Crippen molar-refractivity contribution in [2.75, 3.05) is 128 Å². The van der Waals surface area contributed by atoms with Crippen LogP contribution in [0.5, 0.6) is 0 Å². The standard InChI is InChI=1S/C11H25N3.C10H23N3.CH4O2.2Mn.H2O/c1-12-6-8-13(2,3)10-11-14(4,5)9-7-12;1-11-5-6-12(2)8-10-13(3,4)9-7-11;2-1-3;;;/h2,4,6-11H2,1,3,5H3;3,5-10H2,1-2,4H3;2-3H,1H2;;;1H2/q;;;2*+3;/t13-,14+;;;;;. The van der Waals surface area contributed by atoms with Gasteiger partial charge < -0.3 is 29.1 Å². The average molecular weight is 561 g/mol. The Hall–Kier alpha value is 0.679. The first-order chi connectivity index (χ1) is 13.7. The molecule has 4 N–H and O–H groups in total. The Morgan fingerprint density at radius 1 is 0.545 bits per heavy atom. The molecule has 2 heterocycles. The summed E-state index contributed by atoms with van der Waals surface area (Å²) in [4.78, 5) is 7.17. The molecule has 0 spiro atoms. The maximum Gasteiger partial charge on any atom is 3.00 e. The van der Waals surface area contributed by atoms with Crippen molar-refractivity contribution in [1.29, 1.82) is 0 Å². The third kappa shape index (κ3) is 22.9. The molecular weight excluding hydrogens is 506 g/mol. The molecule has 33 heavy (non-hydrogen) atoms. The molecule has 9 nitrogen and oxygen atoms in total. The molecule has 2 aliphatic heterocycles. The van der Waals surface area contributed by atoms with Gasteiger partial charge in [0.15, 0.2) is 0 Å². The summed E-state index contributed by atoms with van der Waals surface area (Å²) < 4.78 is 2.64. The van der Waals surface area contributed by atoms with E-state index in [1.807, 2.05) is 0 Å². The van der Waals surface area contributed by atoms with Crippen LogP contribution in [0.1, 0.15) is 0 Å². The van der Waals surface area contributed by atoms with Crippen molar-refractivity contribution < 1.29 is 63.3 Å².